The van der Waals surface area contributed by atoms with E-state index in [0.717, 1.165) is 37.1 Å². The molecular formula is C19H23NO3. The first-order valence-corrected chi connectivity index (χ1v) is 8.12. The summed E-state index contributed by atoms with van der Waals surface area (Å²) in [5.41, 5.74) is 1.22. The van der Waals surface area contributed by atoms with Crippen LogP contribution in [-0.2, 0) is 11.3 Å². The molecule has 0 saturated carbocycles. The molecule has 3 rings (SSSR count). The third kappa shape index (κ3) is 3.32. The number of aliphatic carboxylic acids is 1. The van der Waals surface area contributed by atoms with Gasteiger partial charge in [0.05, 0.1) is 13.0 Å². The summed E-state index contributed by atoms with van der Waals surface area (Å²) in [6.45, 7) is 3.79. The lowest BCUT2D eigenvalue weighted by molar-refractivity contribution is -0.145. The summed E-state index contributed by atoms with van der Waals surface area (Å²) in [5.74, 6) is -0.0690. The first-order valence-electron chi connectivity index (χ1n) is 8.12. The smallest absolute Gasteiger partial charge is 0.308 e. The number of piperidine rings is 1. The van der Waals surface area contributed by atoms with Crippen LogP contribution in [0.3, 0.4) is 0 Å². The van der Waals surface area contributed by atoms with Crippen LogP contribution in [0.25, 0.3) is 10.8 Å². The highest BCUT2D eigenvalue weighted by Gasteiger charge is 2.32. The average Bonchev–Trinajstić information content (AvgIpc) is 2.56. The molecule has 1 fully saturated rings. The van der Waals surface area contributed by atoms with Crippen LogP contribution in [0.1, 0.15) is 25.3 Å². The largest absolute Gasteiger partial charge is 0.497 e. The van der Waals surface area contributed by atoms with E-state index in [1.165, 1.54) is 10.9 Å². The maximum absolute atomic E-state index is 11.4. The lowest BCUT2D eigenvalue weighted by Gasteiger charge is -2.37. The van der Waals surface area contributed by atoms with Gasteiger partial charge in [-0.2, -0.15) is 0 Å². The summed E-state index contributed by atoms with van der Waals surface area (Å²) < 4.78 is 5.26. The number of fused-ring (bicyclic) bond motifs is 1. The van der Waals surface area contributed by atoms with Gasteiger partial charge in [0.15, 0.2) is 0 Å². The van der Waals surface area contributed by atoms with Crippen LogP contribution in [0.5, 0.6) is 5.75 Å². The molecule has 23 heavy (non-hydrogen) atoms. The SMILES string of the molecule is COc1ccc2cc(CN3CCC[C@H](C(=O)O)[C@@H]3C)ccc2c1. The Morgan fingerprint density at radius 3 is 2.74 bits per heavy atom. The van der Waals surface area contributed by atoms with Crippen molar-refractivity contribution in [3.63, 3.8) is 0 Å². The molecule has 122 valence electrons. The van der Waals surface area contributed by atoms with Gasteiger partial charge in [0.2, 0.25) is 0 Å². The Morgan fingerprint density at radius 1 is 1.26 bits per heavy atom. The number of carboxylic acid groups (broad SMARTS) is 1. The Morgan fingerprint density at radius 2 is 2.00 bits per heavy atom. The van der Waals surface area contributed by atoms with Gasteiger partial charge in [-0.25, -0.2) is 0 Å². The number of carbonyl (C=O) groups is 1. The molecule has 2 aromatic rings. The van der Waals surface area contributed by atoms with Crippen LogP contribution in [0.2, 0.25) is 0 Å². The fourth-order valence-electron chi connectivity index (χ4n) is 3.50. The first kappa shape index (κ1) is 15.8. The molecule has 1 aliphatic rings. The van der Waals surface area contributed by atoms with Crippen LogP contribution in [0.4, 0.5) is 0 Å². The van der Waals surface area contributed by atoms with Gasteiger partial charge < -0.3 is 9.84 Å². The van der Waals surface area contributed by atoms with Gasteiger partial charge in [0, 0.05) is 12.6 Å². The lowest BCUT2D eigenvalue weighted by Crippen LogP contribution is -2.45. The van der Waals surface area contributed by atoms with Gasteiger partial charge in [0.1, 0.15) is 5.75 Å². The Bertz CT molecular complexity index is 713. The Hall–Kier alpha value is -2.07. The Labute approximate surface area is 136 Å². The van der Waals surface area contributed by atoms with Crippen molar-refractivity contribution < 1.29 is 14.6 Å². The van der Waals surface area contributed by atoms with Crippen molar-refractivity contribution in [2.75, 3.05) is 13.7 Å². The average molecular weight is 313 g/mol. The van der Waals surface area contributed by atoms with Crippen LogP contribution in [0, 0.1) is 5.92 Å². The second-order valence-electron chi connectivity index (χ2n) is 6.35. The molecule has 2 aromatic carbocycles. The zero-order valence-electron chi connectivity index (χ0n) is 13.7. The van der Waals surface area contributed by atoms with Gasteiger partial charge in [-0.05, 0) is 60.8 Å². The number of likely N-dealkylation sites (tertiary alicyclic amines) is 1. The molecule has 1 aliphatic heterocycles. The number of ether oxygens (including phenoxy) is 1. The molecule has 4 nitrogen and oxygen atoms in total. The van der Waals surface area contributed by atoms with E-state index in [1.807, 2.05) is 19.1 Å². The molecule has 0 radical (unpaired) electrons. The maximum Gasteiger partial charge on any atom is 0.308 e. The Kier molecular flexibility index (Phi) is 4.53. The normalized spacial score (nSPS) is 22.2. The fourth-order valence-corrected chi connectivity index (χ4v) is 3.50. The molecule has 0 amide bonds. The lowest BCUT2D eigenvalue weighted by atomic mass is 9.90. The number of benzene rings is 2. The second-order valence-corrected chi connectivity index (χ2v) is 6.35. The highest BCUT2D eigenvalue weighted by Crippen LogP contribution is 2.27. The minimum Gasteiger partial charge on any atom is -0.497 e. The van der Waals surface area contributed by atoms with Gasteiger partial charge in [-0.3, -0.25) is 9.69 Å². The fraction of sp³-hybridized carbons (Fsp3) is 0.421. The van der Waals surface area contributed by atoms with E-state index in [9.17, 15) is 9.90 Å². The summed E-state index contributed by atoms with van der Waals surface area (Å²) in [7, 11) is 1.67. The molecule has 0 spiro atoms. The van der Waals surface area contributed by atoms with E-state index in [1.54, 1.807) is 7.11 Å². The molecular weight excluding hydrogens is 290 g/mol. The highest BCUT2D eigenvalue weighted by atomic mass is 16.5. The predicted molar refractivity (Wildman–Crippen MR) is 90.7 cm³/mol. The summed E-state index contributed by atoms with van der Waals surface area (Å²) in [6.07, 6.45) is 1.73. The summed E-state index contributed by atoms with van der Waals surface area (Å²) in [4.78, 5) is 13.6. The quantitative estimate of drug-likeness (QED) is 0.938. The second kappa shape index (κ2) is 6.59. The first-order chi connectivity index (χ1) is 11.1. The predicted octanol–water partition coefficient (Wildman–Crippen LogP) is 3.53. The molecule has 2 atom stereocenters. The zero-order chi connectivity index (χ0) is 16.4. The van der Waals surface area contributed by atoms with E-state index in [4.69, 9.17) is 4.74 Å². The van der Waals surface area contributed by atoms with Crippen LogP contribution >= 0.6 is 0 Å². The third-order valence-corrected chi connectivity index (χ3v) is 4.93. The molecule has 1 saturated heterocycles. The Balaban J connectivity index is 1.79. The van der Waals surface area contributed by atoms with Gasteiger partial charge in [0.25, 0.3) is 0 Å². The number of hydrogen-bond acceptors (Lipinski definition) is 3. The van der Waals surface area contributed by atoms with Crippen molar-refractivity contribution in [2.24, 2.45) is 5.92 Å². The van der Waals surface area contributed by atoms with E-state index < -0.39 is 5.97 Å². The topological polar surface area (TPSA) is 49.8 Å². The van der Waals surface area contributed by atoms with Gasteiger partial charge >= 0.3 is 5.97 Å². The number of hydrogen-bond donors (Lipinski definition) is 1. The van der Waals surface area contributed by atoms with Gasteiger partial charge in [-0.15, -0.1) is 0 Å². The minimum absolute atomic E-state index is 0.0767. The van der Waals surface area contributed by atoms with Crippen molar-refractivity contribution in [3.8, 4) is 5.75 Å². The molecule has 0 bridgehead atoms. The number of rotatable bonds is 4. The van der Waals surface area contributed by atoms with Crippen LogP contribution < -0.4 is 4.74 Å². The number of nitrogens with zero attached hydrogens (tertiary/aromatic N) is 1. The minimum atomic E-state index is -0.673. The maximum atomic E-state index is 11.4. The number of carboxylic acids is 1. The van der Waals surface area contributed by atoms with Crippen molar-refractivity contribution in [1.29, 1.82) is 0 Å². The van der Waals surface area contributed by atoms with Crippen LogP contribution in [-0.4, -0.2) is 35.7 Å². The summed E-state index contributed by atoms with van der Waals surface area (Å²) >= 11 is 0. The standard InChI is InChI=1S/C19H23NO3/c1-13-18(19(21)22)4-3-9-20(13)12-14-5-6-16-11-17(23-2)8-7-15(16)10-14/h5-8,10-11,13,18H,3-4,9,12H2,1-2H3,(H,21,22)/t13-,18-/m0/s1. The third-order valence-electron chi connectivity index (χ3n) is 4.93. The van der Waals surface area contributed by atoms with Crippen molar-refractivity contribution in [2.45, 2.75) is 32.4 Å². The molecule has 0 aliphatic carbocycles. The highest BCUT2D eigenvalue weighted by molar-refractivity contribution is 5.84. The molecule has 0 unspecified atom stereocenters. The molecule has 1 heterocycles. The van der Waals surface area contributed by atoms with Crippen molar-refractivity contribution in [3.05, 3.63) is 42.0 Å². The van der Waals surface area contributed by atoms with E-state index in [2.05, 4.69) is 29.2 Å². The van der Waals surface area contributed by atoms with Crippen molar-refractivity contribution in [1.82, 2.24) is 4.90 Å². The monoisotopic (exact) mass is 313 g/mol. The van der Waals surface area contributed by atoms with E-state index in [-0.39, 0.29) is 12.0 Å². The van der Waals surface area contributed by atoms with Crippen molar-refractivity contribution >= 4 is 16.7 Å². The molecule has 1 N–H and O–H groups in total. The molecule has 0 aromatic heterocycles. The summed E-state index contributed by atoms with van der Waals surface area (Å²) in [6, 6.07) is 12.6. The van der Waals surface area contributed by atoms with Gasteiger partial charge in [-0.1, -0.05) is 18.2 Å². The summed E-state index contributed by atoms with van der Waals surface area (Å²) in [5, 5.41) is 11.7. The molecule has 4 heteroatoms. The number of methoxy groups -OCH3 is 1. The zero-order valence-corrected chi connectivity index (χ0v) is 13.7. The van der Waals surface area contributed by atoms with Crippen LogP contribution in [0.15, 0.2) is 36.4 Å². The van der Waals surface area contributed by atoms with E-state index >= 15 is 0 Å². The van der Waals surface area contributed by atoms with E-state index in [0.29, 0.717) is 0 Å².